The molecule has 0 radical (unpaired) electrons. The zero-order valence-corrected chi connectivity index (χ0v) is 14.3. The number of para-hydroxylation sites is 1. The molecule has 1 amide bonds. The average molecular weight is 341 g/mol. The molecule has 7 heteroatoms. The molecule has 1 aliphatic rings. The number of aromatic amines is 1. The number of thiazole rings is 1. The molecule has 1 saturated heterocycles. The predicted molar refractivity (Wildman–Crippen MR) is 95.7 cm³/mol. The number of rotatable bonds is 2. The summed E-state index contributed by atoms with van der Waals surface area (Å²) in [6, 6.07) is 7.75. The average Bonchev–Trinajstić information content (AvgIpc) is 3.13. The third kappa shape index (κ3) is 2.75. The van der Waals surface area contributed by atoms with E-state index in [-0.39, 0.29) is 5.91 Å². The van der Waals surface area contributed by atoms with Crippen LogP contribution in [0, 0.1) is 6.92 Å². The van der Waals surface area contributed by atoms with Gasteiger partial charge in [0.25, 0.3) is 5.91 Å². The van der Waals surface area contributed by atoms with Gasteiger partial charge < -0.3 is 9.80 Å². The molecule has 24 heavy (non-hydrogen) atoms. The molecule has 3 aromatic rings. The lowest BCUT2D eigenvalue weighted by Gasteiger charge is -2.21. The van der Waals surface area contributed by atoms with Crippen LogP contribution in [-0.2, 0) is 0 Å². The zero-order chi connectivity index (χ0) is 16.5. The summed E-state index contributed by atoms with van der Waals surface area (Å²) in [7, 11) is 0. The van der Waals surface area contributed by atoms with Gasteiger partial charge in [0.05, 0.1) is 11.2 Å². The summed E-state index contributed by atoms with van der Waals surface area (Å²) in [4.78, 5) is 21.6. The fourth-order valence-electron chi connectivity index (χ4n) is 3.07. The quantitative estimate of drug-likeness (QED) is 0.778. The van der Waals surface area contributed by atoms with E-state index in [1.54, 1.807) is 11.3 Å². The van der Waals surface area contributed by atoms with Crippen molar-refractivity contribution < 1.29 is 4.79 Å². The fourth-order valence-corrected chi connectivity index (χ4v) is 3.93. The molecule has 6 nitrogen and oxygen atoms in total. The molecule has 0 bridgehead atoms. The molecule has 1 N–H and O–H groups in total. The maximum absolute atomic E-state index is 12.9. The number of hydrogen-bond acceptors (Lipinski definition) is 5. The molecular weight excluding hydrogens is 322 g/mol. The normalized spacial score (nSPS) is 15.7. The first kappa shape index (κ1) is 15.1. The van der Waals surface area contributed by atoms with Crippen molar-refractivity contribution in [2.24, 2.45) is 0 Å². The number of aromatic nitrogens is 3. The number of nitrogens with one attached hydrogen (secondary N) is 1. The van der Waals surface area contributed by atoms with Crippen molar-refractivity contribution in [3.63, 3.8) is 0 Å². The Morgan fingerprint density at radius 3 is 2.92 bits per heavy atom. The highest BCUT2D eigenvalue weighted by Crippen LogP contribution is 2.22. The molecule has 1 aliphatic heterocycles. The van der Waals surface area contributed by atoms with Gasteiger partial charge in [-0.15, -0.1) is 11.3 Å². The van der Waals surface area contributed by atoms with Crippen LogP contribution in [0.4, 0.5) is 5.13 Å². The van der Waals surface area contributed by atoms with Crippen molar-refractivity contribution in [3.05, 3.63) is 41.0 Å². The first-order chi connectivity index (χ1) is 11.7. The number of fused-ring (bicyclic) bond motifs is 1. The molecule has 0 atom stereocenters. The monoisotopic (exact) mass is 341 g/mol. The number of amides is 1. The number of carbonyl (C=O) groups excluding carboxylic acids is 1. The van der Waals surface area contributed by atoms with Gasteiger partial charge in [0.15, 0.2) is 10.8 Å². The Hall–Kier alpha value is -2.41. The molecule has 0 aliphatic carbocycles. The highest BCUT2D eigenvalue weighted by molar-refractivity contribution is 7.13. The first-order valence-corrected chi connectivity index (χ1v) is 9.00. The standard InChI is InChI=1S/C17H19N5OS/c1-12-11-24-17(18-12)22-8-4-7-21(9-10-22)16(23)15-13-5-2-3-6-14(13)19-20-15/h2-3,5-6,11H,4,7-10H2,1H3,(H,19,20). The lowest BCUT2D eigenvalue weighted by Crippen LogP contribution is -2.35. The Bertz CT molecular complexity index is 871. The highest BCUT2D eigenvalue weighted by Gasteiger charge is 2.24. The minimum absolute atomic E-state index is 0.00428. The Kier molecular flexibility index (Phi) is 3.93. The van der Waals surface area contributed by atoms with Gasteiger partial charge in [-0.3, -0.25) is 9.89 Å². The summed E-state index contributed by atoms with van der Waals surface area (Å²) in [5.74, 6) is 0.00428. The Morgan fingerprint density at radius 2 is 2.08 bits per heavy atom. The number of benzene rings is 1. The Balaban J connectivity index is 1.51. The van der Waals surface area contributed by atoms with E-state index in [0.717, 1.165) is 47.8 Å². The van der Waals surface area contributed by atoms with Crippen molar-refractivity contribution in [3.8, 4) is 0 Å². The van der Waals surface area contributed by atoms with Crippen molar-refractivity contribution in [1.29, 1.82) is 0 Å². The van der Waals surface area contributed by atoms with Crippen molar-refractivity contribution >= 4 is 33.3 Å². The van der Waals surface area contributed by atoms with E-state index in [0.29, 0.717) is 12.2 Å². The predicted octanol–water partition coefficient (Wildman–Crippen LogP) is 2.68. The van der Waals surface area contributed by atoms with Crippen molar-refractivity contribution in [2.75, 3.05) is 31.1 Å². The summed E-state index contributed by atoms with van der Waals surface area (Å²) in [6.45, 7) is 5.19. The second kappa shape index (κ2) is 6.24. The molecule has 4 rings (SSSR count). The van der Waals surface area contributed by atoms with E-state index in [1.165, 1.54) is 0 Å². The molecular formula is C17H19N5OS. The van der Waals surface area contributed by atoms with Crippen LogP contribution in [0.25, 0.3) is 10.9 Å². The van der Waals surface area contributed by atoms with Crippen LogP contribution < -0.4 is 4.90 Å². The van der Waals surface area contributed by atoms with E-state index in [2.05, 4.69) is 25.5 Å². The Morgan fingerprint density at radius 1 is 1.21 bits per heavy atom. The van der Waals surface area contributed by atoms with Gasteiger partial charge in [0, 0.05) is 36.9 Å². The largest absolute Gasteiger partial charge is 0.346 e. The number of nitrogens with zero attached hydrogens (tertiary/aromatic N) is 4. The summed E-state index contributed by atoms with van der Waals surface area (Å²) in [6.07, 6.45) is 0.937. The molecule has 0 spiro atoms. The van der Waals surface area contributed by atoms with Crippen LogP contribution in [0.15, 0.2) is 29.6 Å². The molecule has 0 saturated carbocycles. The van der Waals surface area contributed by atoms with E-state index >= 15 is 0 Å². The van der Waals surface area contributed by atoms with Crippen molar-refractivity contribution in [2.45, 2.75) is 13.3 Å². The SMILES string of the molecule is Cc1csc(N2CCCN(C(=O)c3n[nH]c4ccccc34)CC2)n1. The van der Waals surface area contributed by atoms with Gasteiger partial charge in [-0.1, -0.05) is 18.2 Å². The molecule has 124 valence electrons. The van der Waals surface area contributed by atoms with Crippen LogP contribution in [0.5, 0.6) is 0 Å². The van der Waals surface area contributed by atoms with E-state index in [9.17, 15) is 4.79 Å². The maximum atomic E-state index is 12.9. The fraction of sp³-hybridized carbons (Fsp3) is 0.353. The first-order valence-electron chi connectivity index (χ1n) is 8.12. The van der Waals surface area contributed by atoms with Crippen LogP contribution in [0.2, 0.25) is 0 Å². The molecule has 3 heterocycles. The number of hydrogen-bond donors (Lipinski definition) is 1. The topological polar surface area (TPSA) is 65.1 Å². The second-order valence-electron chi connectivity index (χ2n) is 6.02. The van der Waals surface area contributed by atoms with Gasteiger partial charge in [0.1, 0.15) is 0 Å². The molecule has 1 fully saturated rings. The van der Waals surface area contributed by atoms with Crippen molar-refractivity contribution in [1.82, 2.24) is 20.1 Å². The highest BCUT2D eigenvalue weighted by atomic mass is 32.1. The summed E-state index contributed by atoms with van der Waals surface area (Å²) in [5, 5.41) is 11.2. The Labute approximate surface area is 144 Å². The van der Waals surface area contributed by atoms with Crippen LogP contribution in [0.3, 0.4) is 0 Å². The second-order valence-corrected chi connectivity index (χ2v) is 6.86. The van der Waals surface area contributed by atoms with Crippen LogP contribution >= 0.6 is 11.3 Å². The lowest BCUT2D eigenvalue weighted by atomic mass is 10.2. The van der Waals surface area contributed by atoms with Gasteiger partial charge >= 0.3 is 0 Å². The minimum Gasteiger partial charge on any atom is -0.346 e. The number of H-pyrrole nitrogens is 1. The molecule has 2 aromatic heterocycles. The van der Waals surface area contributed by atoms with E-state index < -0.39 is 0 Å². The number of aryl methyl sites for hydroxylation is 1. The third-order valence-electron chi connectivity index (χ3n) is 4.33. The van der Waals surface area contributed by atoms with Gasteiger partial charge in [0.2, 0.25) is 0 Å². The summed E-state index contributed by atoms with van der Waals surface area (Å²) >= 11 is 1.67. The third-order valence-corrected chi connectivity index (χ3v) is 5.35. The molecule has 0 unspecified atom stereocenters. The zero-order valence-electron chi connectivity index (χ0n) is 13.5. The minimum atomic E-state index is 0.00428. The number of anilines is 1. The van der Waals surface area contributed by atoms with Gasteiger partial charge in [-0.25, -0.2) is 4.98 Å². The maximum Gasteiger partial charge on any atom is 0.275 e. The summed E-state index contributed by atoms with van der Waals surface area (Å²) in [5.41, 5.74) is 2.47. The van der Waals surface area contributed by atoms with Gasteiger partial charge in [-0.2, -0.15) is 5.10 Å². The molecule has 1 aromatic carbocycles. The number of carbonyl (C=O) groups is 1. The summed E-state index contributed by atoms with van der Waals surface area (Å²) < 4.78 is 0. The van der Waals surface area contributed by atoms with E-state index in [4.69, 9.17) is 0 Å². The van der Waals surface area contributed by atoms with E-state index in [1.807, 2.05) is 36.1 Å². The lowest BCUT2D eigenvalue weighted by molar-refractivity contribution is 0.0763. The van der Waals surface area contributed by atoms with Gasteiger partial charge in [-0.05, 0) is 19.4 Å². The smallest absolute Gasteiger partial charge is 0.275 e. The van der Waals surface area contributed by atoms with Crippen LogP contribution in [0.1, 0.15) is 22.6 Å². The van der Waals surface area contributed by atoms with Crippen LogP contribution in [-0.4, -0.2) is 52.2 Å².